The minimum absolute atomic E-state index is 0.833. The number of carbonyl (C=O) groups is 2. The SMILES string of the molecule is C=CC(=O)O.C=CC(=O)O.CCCCCCCCCCCCCCCCCCC.CCCCCCCCCCCCCCCCCCCC. The van der Waals surface area contributed by atoms with Gasteiger partial charge in [-0.25, -0.2) is 9.59 Å². The van der Waals surface area contributed by atoms with E-state index in [1.807, 2.05) is 0 Å². The van der Waals surface area contributed by atoms with Crippen LogP contribution in [0.2, 0.25) is 0 Å². The molecule has 0 fully saturated rings. The van der Waals surface area contributed by atoms with Gasteiger partial charge in [0.05, 0.1) is 0 Å². The van der Waals surface area contributed by atoms with Crippen molar-refractivity contribution in [2.24, 2.45) is 0 Å². The van der Waals surface area contributed by atoms with E-state index >= 15 is 0 Å². The van der Waals surface area contributed by atoms with Crippen molar-refractivity contribution < 1.29 is 19.8 Å². The van der Waals surface area contributed by atoms with Crippen molar-refractivity contribution in [3.05, 3.63) is 25.3 Å². The molecule has 0 aromatic carbocycles. The Hall–Kier alpha value is -1.58. The van der Waals surface area contributed by atoms with Crippen molar-refractivity contribution in [3.8, 4) is 0 Å². The summed E-state index contributed by atoms with van der Waals surface area (Å²) in [5.74, 6) is -1.96. The van der Waals surface area contributed by atoms with Crippen LogP contribution in [0.25, 0.3) is 0 Å². The van der Waals surface area contributed by atoms with Crippen molar-refractivity contribution in [2.45, 2.75) is 252 Å². The van der Waals surface area contributed by atoms with E-state index < -0.39 is 11.9 Å². The third kappa shape index (κ3) is 73.0. The van der Waals surface area contributed by atoms with Crippen molar-refractivity contribution in [1.82, 2.24) is 0 Å². The fourth-order valence-electron chi connectivity index (χ4n) is 5.77. The number of carboxylic acids is 2. The maximum atomic E-state index is 9.25. The second kappa shape index (κ2) is 55.8. The van der Waals surface area contributed by atoms with Crippen LogP contribution in [0.3, 0.4) is 0 Å². The Labute approximate surface area is 308 Å². The van der Waals surface area contributed by atoms with Crippen LogP contribution < -0.4 is 0 Å². The first kappa shape index (κ1) is 54.2. The van der Waals surface area contributed by atoms with Gasteiger partial charge < -0.3 is 10.2 Å². The van der Waals surface area contributed by atoms with Crippen LogP contribution in [0.5, 0.6) is 0 Å². The molecule has 0 radical (unpaired) electrons. The lowest BCUT2D eigenvalue weighted by molar-refractivity contribution is -0.132. The molecule has 0 aliphatic rings. The quantitative estimate of drug-likeness (QED) is 0.0511. The van der Waals surface area contributed by atoms with Gasteiger partial charge in [-0.3, -0.25) is 0 Å². The van der Waals surface area contributed by atoms with Gasteiger partial charge in [0.2, 0.25) is 0 Å². The standard InChI is InChI=1S/C20H42.C19H40.2C3H4O2/c1-3-5-7-9-11-13-15-17-19-20-18-16-14-12-10-8-6-4-2;1-3-5-7-9-11-13-15-17-19-18-16-14-12-10-8-6-4-2;2*1-2-3(4)5/h3-20H2,1-2H3;3-19H2,1-2H3;2*2H,1H2,(H,4,5). The summed E-state index contributed by atoms with van der Waals surface area (Å²) in [6, 6.07) is 0. The molecule has 0 aromatic heterocycles. The first-order chi connectivity index (χ1) is 23.9. The molecule has 0 bridgehead atoms. The maximum absolute atomic E-state index is 9.25. The second-order valence-corrected chi connectivity index (χ2v) is 14.0. The lowest BCUT2D eigenvalue weighted by atomic mass is 10.0. The Morgan fingerprint density at radius 2 is 0.388 bits per heavy atom. The van der Waals surface area contributed by atoms with Crippen LogP contribution in [0, 0.1) is 0 Å². The van der Waals surface area contributed by atoms with Crippen LogP contribution >= 0.6 is 0 Å². The molecule has 0 amide bonds. The van der Waals surface area contributed by atoms with E-state index in [0.717, 1.165) is 12.2 Å². The van der Waals surface area contributed by atoms with Gasteiger partial charge in [-0.15, -0.1) is 0 Å². The summed E-state index contributed by atoms with van der Waals surface area (Å²) in [4.78, 5) is 18.5. The number of hydrogen-bond acceptors (Lipinski definition) is 2. The number of unbranched alkanes of at least 4 members (excludes halogenated alkanes) is 33. The number of rotatable bonds is 35. The van der Waals surface area contributed by atoms with Crippen LogP contribution in [0.4, 0.5) is 0 Å². The highest BCUT2D eigenvalue weighted by Gasteiger charge is 1.96. The summed E-state index contributed by atoms with van der Waals surface area (Å²) in [5.41, 5.74) is 0. The zero-order valence-corrected chi connectivity index (χ0v) is 34.0. The molecule has 0 aliphatic heterocycles. The zero-order valence-electron chi connectivity index (χ0n) is 34.0. The Bertz CT molecular complexity index is 563. The highest BCUT2D eigenvalue weighted by atomic mass is 16.4. The lowest BCUT2D eigenvalue weighted by Crippen LogP contribution is -1.83. The molecule has 49 heavy (non-hydrogen) atoms. The van der Waals surface area contributed by atoms with Gasteiger partial charge in [-0.1, -0.05) is 266 Å². The maximum Gasteiger partial charge on any atom is 0.327 e. The monoisotopic (exact) mass is 695 g/mol. The minimum atomic E-state index is -0.981. The number of carboxylic acid groups (broad SMARTS) is 2. The summed E-state index contributed by atoms with van der Waals surface area (Å²) in [6.45, 7) is 15.1. The second-order valence-electron chi connectivity index (χ2n) is 14.0. The molecule has 0 saturated carbocycles. The van der Waals surface area contributed by atoms with Crippen LogP contribution in [0.1, 0.15) is 252 Å². The Balaban J connectivity index is -0.000000323. The third-order valence-corrected chi connectivity index (χ3v) is 9.01. The summed E-state index contributed by atoms with van der Waals surface area (Å²) >= 11 is 0. The minimum Gasteiger partial charge on any atom is -0.478 e. The Kier molecular flexibility index (Phi) is 61.7. The highest BCUT2D eigenvalue weighted by Crippen LogP contribution is 2.15. The van der Waals surface area contributed by atoms with Crippen molar-refractivity contribution >= 4 is 11.9 Å². The first-order valence-electron chi connectivity index (χ1n) is 21.6. The van der Waals surface area contributed by atoms with Crippen LogP contribution in [-0.4, -0.2) is 22.2 Å². The molecule has 294 valence electrons. The van der Waals surface area contributed by atoms with Gasteiger partial charge >= 0.3 is 11.9 Å². The highest BCUT2D eigenvalue weighted by molar-refractivity contribution is 5.79. The number of hydrogen-bond donors (Lipinski definition) is 2. The molecule has 4 nitrogen and oxygen atoms in total. The van der Waals surface area contributed by atoms with Gasteiger partial charge in [0.15, 0.2) is 0 Å². The summed E-state index contributed by atoms with van der Waals surface area (Å²) < 4.78 is 0. The molecule has 0 heterocycles. The van der Waals surface area contributed by atoms with Gasteiger partial charge in [0, 0.05) is 12.2 Å². The molecule has 0 unspecified atom stereocenters. The van der Waals surface area contributed by atoms with E-state index in [1.165, 1.54) is 225 Å². The molecule has 0 rings (SSSR count). The van der Waals surface area contributed by atoms with E-state index in [2.05, 4.69) is 40.9 Å². The zero-order chi connectivity index (χ0) is 37.3. The average molecular weight is 695 g/mol. The molecular weight excluding hydrogens is 604 g/mol. The normalized spacial score (nSPS) is 10.1. The molecule has 2 N–H and O–H groups in total. The smallest absolute Gasteiger partial charge is 0.327 e. The summed E-state index contributed by atoms with van der Waals surface area (Å²) in [6.07, 6.45) is 53.0. The predicted octanol–water partition coefficient (Wildman–Crippen LogP) is 16.2. The van der Waals surface area contributed by atoms with Crippen molar-refractivity contribution in [3.63, 3.8) is 0 Å². The molecule has 0 atom stereocenters. The van der Waals surface area contributed by atoms with E-state index in [-0.39, 0.29) is 0 Å². The van der Waals surface area contributed by atoms with E-state index in [0.29, 0.717) is 0 Å². The molecule has 0 saturated heterocycles. The summed E-state index contributed by atoms with van der Waals surface area (Å²) in [5, 5.41) is 15.2. The van der Waals surface area contributed by atoms with Crippen molar-refractivity contribution in [2.75, 3.05) is 0 Å². The van der Waals surface area contributed by atoms with Gasteiger partial charge in [-0.05, 0) is 0 Å². The van der Waals surface area contributed by atoms with E-state index in [9.17, 15) is 9.59 Å². The first-order valence-corrected chi connectivity index (χ1v) is 21.6. The lowest BCUT2D eigenvalue weighted by Gasteiger charge is -2.03. The third-order valence-electron chi connectivity index (χ3n) is 9.01. The Morgan fingerprint density at radius 1 is 0.306 bits per heavy atom. The van der Waals surface area contributed by atoms with E-state index in [4.69, 9.17) is 10.2 Å². The number of aliphatic carboxylic acids is 2. The molecule has 0 aromatic rings. The largest absolute Gasteiger partial charge is 0.478 e. The van der Waals surface area contributed by atoms with E-state index in [1.54, 1.807) is 0 Å². The fraction of sp³-hybridized carbons (Fsp3) is 0.867. The van der Waals surface area contributed by atoms with Crippen LogP contribution in [0.15, 0.2) is 25.3 Å². The average Bonchev–Trinajstić information content (AvgIpc) is 3.10. The van der Waals surface area contributed by atoms with Crippen LogP contribution in [-0.2, 0) is 9.59 Å². The topological polar surface area (TPSA) is 74.6 Å². The molecule has 0 spiro atoms. The van der Waals surface area contributed by atoms with Gasteiger partial charge in [0.25, 0.3) is 0 Å². The van der Waals surface area contributed by atoms with Gasteiger partial charge in [0.1, 0.15) is 0 Å². The predicted molar refractivity (Wildman–Crippen MR) is 220 cm³/mol. The molecule has 0 aliphatic carbocycles. The van der Waals surface area contributed by atoms with Gasteiger partial charge in [-0.2, -0.15) is 0 Å². The Morgan fingerprint density at radius 3 is 0.449 bits per heavy atom. The fourth-order valence-corrected chi connectivity index (χ4v) is 5.77. The molecule has 4 heteroatoms. The van der Waals surface area contributed by atoms with Crippen molar-refractivity contribution in [1.29, 1.82) is 0 Å². The molecular formula is C45H90O4. The summed E-state index contributed by atoms with van der Waals surface area (Å²) in [7, 11) is 0.